The zero-order valence-electron chi connectivity index (χ0n) is 13.4. The van der Waals surface area contributed by atoms with Gasteiger partial charge in [0.25, 0.3) is 0 Å². The summed E-state index contributed by atoms with van der Waals surface area (Å²) in [5, 5.41) is 0. The van der Waals surface area contributed by atoms with Crippen LogP contribution >= 0.6 is 0 Å². The summed E-state index contributed by atoms with van der Waals surface area (Å²) in [6.45, 7) is 4.16. The van der Waals surface area contributed by atoms with Gasteiger partial charge in [-0.25, -0.2) is 8.42 Å². The summed E-state index contributed by atoms with van der Waals surface area (Å²) < 4.78 is 36.2. The zero-order valence-corrected chi connectivity index (χ0v) is 14.2. The first-order valence-electron chi connectivity index (χ1n) is 7.97. The first-order chi connectivity index (χ1) is 11.0. The largest absolute Gasteiger partial charge is 0.466 e. The molecule has 0 radical (unpaired) electrons. The summed E-state index contributed by atoms with van der Waals surface area (Å²) in [5.74, 6) is -1.02. The van der Waals surface area contributed by atoms with E-state index in [1.807, 2.05) is 0 Å². The van der Waals surface area contributed by atoms with Crippen LogP contribution in [0.2, 0.25) is 0 Å². The van der Waals surface area contributed by atoms with E-state index in [0.717, 1.165) is 0 Å². The van der Waals surface area contributed by atoms with E-state index in [4.69, 9.17) is 9.47 Å². The fourth-order valence-electron chi connectivity index (χ4n) is 2.88. The molecule has 2 aliphatic heterocycles. The average Bonchev–Trinajstić information content (AvgIpc) is 3.04. The lowest BCUT2D eigenvalue weighted by Gasteiger charge is -2.32. The number of nitrogens with zero attached hydrogens (tertiary/aromatic N) is 2. The lowest BCUT2D eigenvalue weighted by Crippen LogP contribution is -2.51. The third kappa shape index (κ3) is 4.65. The van der Waals surface area contributed by atoms with Gasteiger partial charge in [0.05, 0.1) is 32.0 Å². The van der Waals surface area contributed by atoms with Crippen LogP contribution in [0.25, 0.3) is 0 Å². The molecule has 0 bridgehead atoms. The molecule has 0 spiro atoms. The van der Waals surface area contributed by atoms with Crippen LogP contribution in [0.3, 0.4) is 0 Å². The van der Waals surface area contributed by atoms with Crippen molar-refractivity contribution in [3.63, 3.8) is 0 Å². The highest BCUT2D eigenvalue weighted by Crippen LogP contribution is 2.24. The van der Waals surface area contributed by atoms with Crippen LogP contribution in [0.5, 0.6) is 0 Å². The molecule has 1 amide bonds. The third-order valence-electron chi connectivity index (χ3n) is 4.04. The standard InChI is InChI=1S/C14H24N2O6S/c1-2-22-13(17)5-11-23(19,20)16-6-3-4-12(16)14(18)15-7-9-21-10-8-15/h12H,2-11H2,1H3/t12-/m0/s1. The van der Waals surface area contributed by atoms with Gasteiger partial charge in [-0.1, -0.05) is 0 Å². The number of amides is 1. The molecule has 2 aliphatic rings. The van der Waals surface area contributed by atoms with Gasteiger partial charge in [-0.3, -0.25) is 9.59 Å². The summed E-state index contributed by atoms with van der Waals surface area (Å²) >= 11 is 0. The Bertz CT molecular complexity index is 529. The summed E-state index contributed by atoms with van der Waals surface area (Å²) in [4.78, 5) is 25.6. The predicted molar refractivity (Wildman–Crippen MR) is 82.2 cm³/mol. The molecule has 2 fully saturated rings. The molecule has 0 saturated carbocycles. The molecule has 0 aliphatic carbocycles. The molecule has 23 heavy (non-hydrogen) atoms. The van der Waals surface area contributed by atoms with Gasteiger partial charge in [0.1, 0.15) is 6.04 Å². The molecule has 2 heterocycles. The van der Waals surface area contributed by atoms with E-state index in [9.17, 15) is 18.0 Å². The monoisotopic (exact) mass is 348 g/mol. The Balaban J connectivity index is 1.99. The number of ether oxygens (including phenoxy) is 2. The quantitative estimate of drug-likeness (QED) is 0.606. The molecular weight excluding hydrogens is 324 g/mol. The second kappa shape index (κ2) is 8.07. The van der Waals surface area contributed by atoms with Crippen molar-refractivity contribution in [1.82, 2.24) is 9.21 Å². The SMILES string of the molecule is CCOC(=O)CCS(=O)(=O)N1CCC[C@H]1C(=O)N1CCOCC1. The van der Waals surface area contributed by atoms with Gasteiger partial charge >= 0.3 is 5.97 Å². The van der Waals surface area contributed by atoms with Gasteiger partial charge in [0.2, 0.25) is 15.9 Å². The van der Waals surface area contributed by atoms with Gasteiger partial charge in [-0.05, 0) is 19.8 Å². The highest BCUT2D eigenvalue weighted by atomic mass is 32.2. The van der Waals surface area contributed by atoms with Crippen LogP contribution in [0.1, 0.15) is 26.2 Å². The van der Waals surface area contributed by atoms with Crippen LogP contribution < -0.4 is 0 Å². The first-order valence-corrected chi connectivity index (χ1v) is 9.58. The van der Waals surface area contributed by atoms with Gasteiger partial charge in [-0.2, -0.15) is 4.31 Å². The Morgan fingerprint density at radius 2 is 1.91 bits per heavy atom. The van der Waals surface area contributed by atoms with E-state index in [1.54, 1.807) is 11.8 Å². The smallest absolute Gasteiger partial charge is 0.306 e. The van der Waals surface area contributed by atoms with Crippen molar-refractivity contribution in [2.24, 2.45) is 0 Å². The van der Waals surface area contributed by atoms with E-state index in [0.29, 0.717) is 45.7 Å². The predicted octanol–water partition coefficient (Wildman–Crippen LogP) is -0.407. The maximum absolute atomic E-state index is 12.6. The molecule has 9 heteroatoms. The number of morpholine rings is 1. The number of rotatable bonds is 6. The molecule has 2 rings (SSSR count). The molecule has 0 N–H and O–H groups in total. The summed E-state index contributed by atoms with van der Waals surface area (Å²) in [5.41, 5.74) is 0. The lowest BCUT2D eigenvalue weighted by molar-refractivity contribution is -0.142. The van der Waals surface area contributed by atoms with Crippen molar-refractivity contribution in [2.45, 2.75) is 32.2 Å². The van der Waals surface area contributed by atoms with Crippen molar-refractivity contribution in [1.29, 1.82) is 0 Å². The molecule has 0 aromatic carbocycles. The van der Waals surface area contributed by atoms with Crippen LogP contribution in [0.15, 0.2) is 0 Å². The van der Waals surface area contributed by atoms with Crippen LogP contribution in [0, 0.1) is 0 Å². The van der Waals surface area contributed by atoms with E-state index in [2.05, 4.69) is 0 Å². The molecule has 8 nitrogen and oxygen atoms in total. The zero-order chi connectivity index (χ0) is 16.9. The Labute approximate surface area is 136 Å². The molecule has 2 saturated heterocycles. The van der Waals surface area contributed by atoms with Gasteiger partial charge in [0, 0.05) is 19.6 Å². The highest BCUT2D eigenvalue weighted by molar-refractivity contribution is 7.89. The summed E-state index contributed by atoms with van der Waals surface area (Å²) in [6, 6.07) is -0.653. The number of sulfonamides is 1. The van der Waals surface area contributed by atoms with Crippen molar-refractivity contribution >= 4 is 21.9 Å². The lowest BCUT2D eigenvalue weighted by atomic mass is 10.2. The molecule has 0 aromatic heterocycles. The van der Waals surface area contributed by atoms with E-state index in [1.165, 1.54) is 4.31 Å². The topological polar surface area (TPSA) is 93.2 Å². The number of carbonyl (C=O) groups excluding carboxylic acids is 2. The van der Waals surface area contributed by atoms with Crippen LogP contribution in [-0.2, 0) is 29.1 Å². The summed E-state index contributed by atoms with van der Waals surface area (Å²) in [6.07, 6.45) is 0.985. The minimum Gasteiger partial charge on any atom is -0.466 e. The Morgan fingerprint density at radius 1 is 1.22 bits per heavy atom. The first kappa shape index (κ1) is 18.2. The van der Waals surface area contributed by atoms with E-state index < -0.39 is 22.0 Å². The van der Waals surface area contributed by atoms with Crippen molar-refractivity contribution < 1.29 is 27.5 Å². The van der Waals surface area contributed by atoms with Crippen LogP contribution in [-0.4, -0.2) is 80.7 Å². The van der Waals surface area contributed by atoms with Gasteiger partial charge in [0.15, 0.2) is 0 Å². The molecule has 1 atom stereocenters. The Hall–Kier alpha value is -1.19. The van der Waals surface area contributed by atoms with Crippen molar-refractivity contribution in [2.75, 3.05) is 45.2 Å². The van der Waals surface area contributed by atoms with Gasteiger partial charge in [-0.15, -0.1) is 0 Å². The second-order valence-electron chi connectivity index (χ2n) is 5.58. The Morgan fingerprint density at radius 3 is 2.57 bits per heavy atom. The maximum atomic E-state index is 12.6. The van der Waals surface area contributed by atoms with Crippen LogP contribution in [0.4, 0.5) is 0 Å². The molecule has 0 aromatic rings. The van der Waals surface area contributed by atoms with E-state index >= 15 is 0 Å². The van der Waals surface area contributed by atoms with Crippen molar-refractivity contribution in [3.05, 3.63) is 0 Å². The molecule has 132 valence electrons. The Kier molecular flexibility index (Phi) is 6.37. The molecule has 0 unspecified atom stereocenters. The number of esters is 1. The average molecular weight is 348 g/mol. The van der Waals surface area contributed by atoms with Crippen molar-refractivity contribution in [3.8, 4) is 0 Å². The fourth-order valence-corrected chi connectivity index (χ4v) is 4.53. The minimum atomic E-state index is -3.65. The number of hydrogen-bond donors (Lipinski definition) is 0. The maximum Gasteiger partial charge on any atom is 0.306 e. The second-order valence-corrected chi connectivity index (χ2v) is 7.62. The van der Waals surface area contributed by atoms with Gasteiger partial charge < -0.3 is 14.4 Å². The van der Waals surface area contributed by atoms with E-state index in [-0.39, 0.29) is 24.7 Å². The highest BCUT2D eigenvalue weighted by Gasteiger charge is 2.40. The molecular formula is C14H24N2O6S. The summed E-state index contributed by atoms with van der Waals surface area (Å²) in [7, 11) is -3.65. The fraction of sp³-hybridized carbons (Fsp3) is 0.857. The number of carbonyl (C=O) groups is 2. The number of hydrogen-bond acceptors (Lipinski definition) is 6. The minimum absolute atomic E-state index is 0.162. The normalized spacial score (nSPS) is 23.0. The third-order valence-corrected chi connectivity index (χ3v) is 5.91.